The lowest BCUT2D eigenvalue weighted by atomic mass is 10.1. The minimum atomic E-state index is -4.29. The number of carbonyl (C=O) groups is 1. The zero-order chi connectivity index (χ0) is 15.3. The van der Waals surface area contributed by atoms with Gasteiger partial charge in [-0.25, -0.2) is 17.2 Å². The molecule has 5 nitrogen and oxygen atoms in total. The Morgan fingerprint density at radius 3 is 2.30 bits per heavy atom. The van der Waals surface area contributed by atoms with Crippen LogP contribution >= 0.6 is 0 Å². The van der Waals surface area contributed by atoms with Crippen molar-refractivity contribution >= 4 is 16.0 Å². The predicted molar refractivity (Wildman–Crippen MR) is 67.6 cm³/mol. The molecule has 0 amide bonds. The molecule has 0 bridgehead atoms. The Labute approximate surface area is 115 Å². The number of sulfonamides is 1. The third kappa shape index (κ3) is 4.53. The van der Waals surface area contributed by atoms with Crippen molar-refractivity contribution in [1.82, 2.24) is 4.72 Å². The number of halogens is 2. The molecule has 8 heteroatoms. The van der Waals surface area contributed by atoms with Crippen LogP contribution in [0.2, 0.25) is 0 Å². The van der Waals surface area contributed by atoms with E-state index in [0.717, 1.165) is 0 Å². The van der Waals surface area contributed by atoms with Gasteiger partial charge in [0.05, 0.1) is 4.90 Å². The number of nitrogens with one attached hydrogen (secondary N) is 1. The van der Waals surface area contributed by atoms with Gasteiger partial charge in [0.1, 0.15) is 17.7 Å². The molecular weight excluding hydrogens is 292 g/mol. The Bertz CT molecular complexity index is 569. The van der Waals surface area contributed by atoms with Crippen molar-refractivity contribution in [3.05, 3.63) is 29.8 Å². The van der Waals surface area contributed by atoms with E-state index in [2.05, 4.69) is 0 Å². The van der Waals surface area contributed by atoms with Crippen molar-refractivity contribution < 1.29 is 27.1 Å². The summed E-state index contributed by atoms with van der Waals surface area (Å²) in [5, 5.41) is 8.94. The molecule has 0 aliphatic carbocycles. The van der Waals surface area contributed by atoms with Crippen LogP contribution in [0.1, 0.15) is 26.2 Å². The van der Waals surface area contributed by atoms with E-state index in [0.29, 0.717) is 31.0 Å². The quantitative estimate of drug-likeness (QED) is 0.805. The molecular formula is C12H15F2NO4S. The molecule has 2 N–H and O–H groups in total. The lowest BCUT2D eigenvalue weighted by Gasteiger charge is -2.14. The van der Waals surface area contributed by atoms with Crippen molar-refractivity contribution in [1.29, 1.82) is 0 Å². The van der Waals surface area contributed by atoms with Gasteiger partial charge in [0, 0.05) is 6.07 Å². The van der Waals surface area contributed by atoms with Gasteiger partial charge in [-0.2, -0.15) is 4.72 Å². The molecule has 0 saturated carbocycles. The van der Waals surface area contributed by atoms with Crippen molar-refractivity contribution in [3.63, 3.8) is 0 Å². The summed E-state index contributed by atoms with van der Waals surface area (Å²) in [6.45, 7) is 1.83. The molecule has 0 spiro atoms. The second-order valence-corrected chi connectivity index (χ2v) is 5.97. The first kappa shape index (κ1) is 16.5. The molecule has 0 aromatic heterocycles. The Hall–Kier alpha value is -1.54. The Morgan fingerprint density at radius 2 is 1.85 bits per heavy atom. The molecule has 0 radical (unpaired) electrons. The lowest BCUT2D eigenvalue weighted by Crippen LogP contribution is -2.40. The second-order valence-electron chi connectivity index (χ2n) is 4.26. The fourth-order valence-corrected chi connectivity index (χ4v) is 2.84. The maximum Gasteiger partial charge on any atom is 0.321 e. The molecule has 0 heterocycles. The Morgan fingerprint density at radius 1 is 1.30 bits per heavy atom. The molecule has 0 aliphatic rings. The third-order valence-corrected chi connectivity index (χ3v) is 4.04. The lowest BCUT2D eigenvalue weighted by molar-refractivity contribution is -0.139. The molecule has 1 rings (SSSR count). The average molecular weight is 307 g/mol. The maximum absolute atomic E-state index is 13.0. The standard InChI is InChI=1S/C12H15F2NO4S/c1-2-3-4-11(12(16)17)15-20(18,19)10-6-8(13)5-9(14)7-10/h5-7,11,15H,2-4H2,1H3,(H,16,17)/t11-/m0/s1. The van der Waals surface area contributed by atoms with Crippen LogP contribution in [0.4, 0.5) is 8.78 Å². The summed E-state index contributed by atoms with van der Waals surface area (Å²) in [6.07, 6.45) is 1.31. The van der Waals surface area contributed by atoms with Gasteiger partial charge in [-0.15, -0.1) is 0 Å². The largest absolute Gasteiger partial charge is 0.480 e. The van der Waals surface area contributed by atoms with E-state index in [1.165, 1.54) is 0 Å². The maximum atomic E-state index is 13.0. The van der Waals surface area contributed by atoms with Crippen molar-refractivity contribution in [3.8, 4) is 0 Å². The fraction of sp³-hybridized carbons (Fsp3) is 0.417. The van der Waals surface area contributed by atoms with Gasteiger partial charge in [0.25, 0.3) is 0 Å². The average Bonchev–Trinajstić information content (AvgIpc) is 2.32. The number of aliphatic carboxylic acids is 1. The van der Waals surface area contributed by atoms with Crippen LogP contribution < -0.4 is 4.72 Å². The van der Waals surface area contributed by atoms with Gasteiger partial charge in [-0.3, -0.25) is 4.79 Å². The summed E-state index contributed by atoms with van der Waals surface area (Å²) in [5.41, 5.74) is 0. The summed E-state index contributed by atoms with van der Waals surface area (Å²) in [6, 6.07) is 0.463. The summed E-state index contributed by atoms with van der Waals surface area (Å²) < 4.78 is 51.8. The van der Waals surface area contributed by atoms with Crippen LogP contribution in [0.5, 0.6) is 0 Å². The topological polar surface area (TPSA) is 83.5 Å². The Balaban J connectivity index is 3.00. The van der Waals surface area contributed by atoms with Crippen LogP contribution in [0.3, 0.4) is 0 Å². The summed E-state index contributed by atoms with van der Waals surface area (Å²) in [5.74, 6) is -3.43. The van der Waals surface area contributed by atoms with Gasteiger partial charge in [-0.1, -0.05) is 19.8 Å². The second kappa shape index (κ2) is 6.76. The minimum Gasteiger partial charge on any atom is -0.480 e. The van der Waals surface area contributed by atoms with Crippen molar-refractivity contribution in [2.45, 2.75) is 37.1 Å². The molecule has 0 aliphatic heterocycles. The number of benzene rings is 1. The number of rotatable bonds is 7. The van der Waals surface area contributed by atoms with E-state index in [9.17, 15) is 22.0 Å². The number of unbranched alkanes of at least 4 members (excludes halogenated alkanes) is 1. The van der Waals surface area contributed by atoms with Gasteiger partial charge in [-0.05, 0) is 18.6 Å². The highest BCUT2D eigenvalue weighted by molar-refractivity contribution is 7.89. The van der Waals surface area contributed by atoms with Gasteiger partial charge in [0.2, 0.25) is 10.0 Å². The molecule has 0 unspecified atom stereocenters. The first-order valence-electron chi connectivity index (χ1n) is 5.97. The highest BCUT2D eigenvalue weighted by atomic mass is 32.2. The van der Waals surface area contributed by atoms with Gasteiger partial charge >= 0.3 is 5.97 Å². The first-order valence-corrected chi connectivity index (χ1v) is 7.46. The van der Waals surface area contributed by atoms with Crippen LogP contribution in [-0.4, -0.2) is 25.5 Å². The summed E-state index contributed by atoms with van der Waals surface area (Å²) >= 11 is 0. The normalized spacial score (nSPS) is 13.2. The molecule has 112 valence electrons. The zero-order valence-electron chi connectivity index (χ0n) is 10.8. The van der Waals surface area contributed by atoms with E-state index in [4.69, 9.17) is 5.11 Å². The minimum absolute atomic E-state index is 0.100. The molecule has 0 fully saturated rings. The summed E-state index contributed by atoms with van der Waals surface area (Å²) in [7, 11) is -4.29. The smallest absolute Gasteiger partial charge is 0.321 e. The highest BCUT2D eigenvalue weighted by Gasteiger charge is 2.25. The monoisotopic (exact) mass is 307 g/mol. The molecule has 1 aromatic rings. The van der Waals surface area contributed by atoms with Crippen molar-refractivity contribution in [2.24, 2.45) is 0 Å². The van der Waals surface area contributed by atoms with Crippen molar-refractivity contribution in [2.75, 3.05) is 0 Å². The van der Waals surface area contributed by atoms with E-state index in [-0.39, 0.29) is 6.42 Å². The first-order chi connectivity index (χ1) is 9.26. The number of carboxylic acid groups (broad SMARTS) is 1. The molecule has 20 heavy (non-hydrogen) atoms. The van der Waals surface area contributed by atoms with Crippen LogP contribution in [0.25, 0.3) is 0 Å². The van der Waals surface area contributed by atoms with E-state index in [1.807, 2.05) is 11.6 Å². The highest BCUT2D eigenvalue weighted by Crippen LogP contribution is 2.15. The fourth-order valence-electron chi connectivity index (χ4n) is 1.58. The SMILES string of the molecule is CCCC[C@H](NS(=O)(=O)c1cc(F)cc(F)c1)C(=O)O. The number of carboxylic acids is 1. The summed E-state index contributed by atoms with van der Waals surface area (Å²) in [4.78, 5) is 10.3. The third-order valence-electron chi connectivity index (χ3n) is 2.59. The number of hydrogen-bond acceptors (Lipinski definition) is 3. The van der Waals surface area contributed by atoms with E-state index in [1.54, 1.807) is 0 Å². The zero-order valence-corrected chi connectivity index (χ0v) is 11.6. The number of hydrogen-bond donors (Lipinski definition) is 2. The predicted octanol–water partition coefficient (Wildman–Crippen LogP) is 1.89. The molecule has 1 aromatic carbocycles. The van der Waals surface area contributed by atoms with Crippen LogP contribution in [-0.2, 0) is 14.8 Å². The van der Waals surface area contributed by atoms with Gasteiger partial charge in [0.15, 0.2) is 0 Å². The Kier molecular flexibility index (Phi) is 5.58. The van der Waals surface area contributed by atoms with Gasteiger partial charge < -0.3 is 5.11 Å². The van der Waals surface area contributed by atoms with E-state index < -0.39 is 38.6 Å². The van der Waals surface area contributed by atoms with Crippen LogP contribution in [0, 0.1) is 11.6 Å². The van der Waals surface area contributed by atoms with Crippen LogP contribution in [0.15, 0.2) is 23.1 Å². The molecule has 1 atom stereocenters. The molecule has 0 saturated heterocycles. The van der Waals surface area contributed by atoms with E-state index >= 15 is 0 Å².